The van der Waals surface area contributed by atoms with Crippen molar-refractivity contribution in [1.82, 2.24) is 10.6 Å². The number of nitrogens with one attached hydrogen (secondary N) is 4. The molecule has 0 fully saturated rings. The maximum Gasteiger partial charge on any atom is 0.261 e. The van der Waals surface area contributed by atoms with Crippen molar-refractivity contribution in [2.45, 2.75) is 103 Å². The molecule has 4 atom stereocenters. The number of carbonyl (C=O) groups excluding carboxylic acids is 5. The first-order valence-electron chi connectivity index (χ1n) is 24.3. The van der Waals surface area contributed by atoms with Crippen LogP contribution in [0.15, 0.2) is 96.0 Å². The van der Waals surface area contributed by atoms with Gasteiger partial charge in [-0.05, 0) is 91.4 Å². The Hall–Kier alpha value is -7.88. The second kappa shape index (κ2) is 21.0. The van der Waals surface area contributed by atoms with Gasteiger partial charge in [0.25, 0.3) is 11.8 Å². The molecule has 0 spiro atoms. The van der Waals surface area contributed by atoms with Crippen molar-refractivity contribution in [1.29, 1.82) is 0 Å². The van der Waals surface area contributed by atoms with E-state index < -0.39 is 23.9 Å². The van der Waals surface area contributed by atoms with Crippen molar-refractivity contribution in [3.63, 3.8) is 0 Å². The Kier molecular flexibility index (Phi) is 14.2. The zero-order chi connectivity index (χ0) is 49.8. The average Bonchev–Trinajstić information content (AvgIpc) is 3.87. The van der Waals surface area contributed by atoms with Gasteiger partial charge in [-0.3, -0.25) is 33.9 Å². The van der Waals surface area contributed by atoms with Gasteiger partial charge in [0.2, 0.25) is 17.7 Å². The van der Waals surface area contributed by atoms with Crippen molar-refractivity contribution in [2.75, 3.05) is 41.2 Å². The van der Waals surface area contributed by atoms with Crippen LogP contribution in [0.3, 0.4) is 0 Å². The molecule has 5 aromatic rings. The first-order valence-corrected chi connectivity index (χ1v) is 24.3. The maximum atomic E-state index is 14.1. The summed E-state index contributed by atoms with van der Waals surface area (Å²) in [6, 6.07) is 25.9. The summed E-state index contributed by atoms with van der Waals surface area (Å²) in [4.78, 5) is 75.9. The summed E-state index contributed by atoms with van der Waals surface area (Å²) in [5.74, 6) is -0.0682. The van der Waals surface area contributed by atoms with Gasteiger partial charge >= 0.3 is 0 Å². The van der Waals surface area contributed by atoms with E-state index in [1.54, 1.807) is 61.4 Å². The number of rotatable bonds is 18. The van der Waals surface area contributed by atoms with Crippen molar-refractivity contribution < 1.29 is 42.9 Å². The van der Waals surface area contributed by atoms with Gasteiger partial charge in [0.1, 0.15) is 25.3 Å². The standard InChI is InChI=1S/C55H59N7O9/c1-6-7-8-9-18-51(63)58-32(2)52(64)59-33(3)53(65)60-38-20-34(30-70-49-26-43-41(24-47(49)68-4)54(66)61-39(28-56-43)22-36-14-10-12-16-45(36)61)19-35(21-38)31-71-50-27-44-42(25-48(50)69-5)55(67)62-40(29-57-44)23-37-15-11-13-17-46(37)62/h10-17,19-21,24-28,32-33,39-40,57H,6-9,18,22-23,29-31H2,1-5H3,(H,58,63)(H,59,64)(H,60,65)/t32-,33-,39-,40-/m0/s1. The third-order valence-corrected chi connectivity index (χ3v) is 13.4. The van der Waals surface area contributed by atoms with Crippen LogP contribution in [0.5, 0.6) is 23.0 Å². The molecule has 0 bridgehead atoms. The molecule has 0 saturated carbocycles. The van der Waals surface area contributed by atoms with E-state index in [2.05, 4.69) is 34.3 Å². The molecule has 4 N–H and O–H groups in total. The molecule has 5 amide bonds. The number of unbranched alkanes of at least 4 members (excludes halogenated alkanes) is 3. The monoisotopic (exact) mass is 961 g/mol. The summed E-state index contributed by atoms with van der Waals surface area (Å²) in [5.41, 5.74) is 7.57. The second-order valence-electron chi connectivity index (χ2n) is 18.4. The molecule has 0 unspecified atom stereocenters. The molecule has 0 aromatic heterocycles. The molecular formula is C55H59N7O9. The normalized spacial score (nSPS) is 16.9. The number of amides is 5. The van der Waals surface area contributed by atoms with Gasteiger partial charge < -0.3 is 45.1 Å². The van der Waals surface area contributed by atoms with Crippen molar-refractivity contribution in [3.05, 3.63) is 124 Å². The molecule has 16 nitrogen and oxygen atoms in total. The largest absolute Gasteiger partial charge is 0.493 e. The van der Waals surface area contributed by atoms with Gasteiger partial charge in [0.05, 0.1) is 48.8 Å². The highest BCUT2D eigenvalue weighted by molar-refractivity contribution is 6.15. The number of methoxy groups -OCH3 is 2. The Labute approximate surface area is 413 Å². The summed E-state index contributed by atoms with van der Waals surface area (Å²) in [5, 5.41) is 11.8. The third-order valence-electron chi connectivity index (χ3n) is 13.4. The smallest absolute Gasteiger partial charge is 0.261 e. The van der Waals surface area contributed by atoms with Gasteiger partial charge in [0, 0.05) is 54.8 Å². The molecule has 0 radical (unpaired) electrons. The minimum atomic E-state index is -0.967. The van der Waals surface area contributed by atoms with Crippen LogP contribution in [0.2, 0.25) is 0 Å². The van der Waals surface area contributed by atoms with E-state index in [1.807, 2.05) is 53.4 Å². The Bertz CT molecular complexity index is 2920. The summed E-state index contributed by atoms with van der Waals surface area (Å²) >= 11 is 0. The molecule has 4 aliphatic heterocycles. The fourth-order valence-corrected chi connectivity index (χ4v) is 9.67. The highest BCUT2D eigenvalue weighted by Gasteiger charge is 2.39. The predicted molar refractivity (Wildman–Crippen MR) is 272 cm³/mol. The Morgan fingerprint density at radius 3 is 2.01 bits per heavy atom. The van der Waals surface area contributed by atoms with Crippen LogP contribution in [0, 0.1) is 0 Å². The van der Waals surface area contributed by atoms with E-state index in [9.17, 15) is 24.0 Å². The molecule has 368 valence electrons. The Morgan fingerprint density at radius 2 is 1.32 bits per heavy atom. The van der Waals surface area contributed by atoms with Gasteiger partial charge in [-0.15, -0.1) is 0 Å². The van der Waals surface area contributed by atoms with Crippen LogP contribution >= 0.6 is 0 Å². The number of nitrogens with zero attached hydrogens (tertiary/aromatic N) is 3. The first kappa shape index (κ1) is 48.2. The topological polar surface area (TPSA) is 189 Å². The van der Waals surface area contributed by atoms with E-state index >= 15 is 0 Å². The van der Waals surface area contributed by atoms with Crippen molar-refractivity contribution in [3.8, 4) is 23.0 Å². The minimum Gasteiger partial charge on any atom is -0.493 e. The third kappa shape index (κ3) is 10.2. The fraction of sp³-hybridized carbons (Fsp3) is 0.345. The van der Waals surface area contributed by atoms with Crippen LogP contribution in [0.1, 0.15) is 95.8 Å². The lowest BCUT2D eigenvalue weighted by Gasteiger charge is -2.22. The fourth-order valence-electron chi connectivity index (χ4n) is 9.67. The molecule has 71 heavy (non-hydrogen) atoms. The lowest BCUT2D eigenvalue weighted by Crippen LogP contribution is -2.50. The summed E-state index contributed by atoms with van der Waals surface area (Å²) in [6.07, 6.45) is 7.29. The van der Waals surface area contributed by atoms with Gasteiger partial charge in [-0.25, -0.2) is 0 Å². The molecule has 4 aliphatic rings. The highest BCUT2D eigenvalue weighted by Crippen LogP contribution is 2.43. The Morgan fingerprint density at radius 1 is 0.704 bits per heavy atom. The SMILES string of the molecule is CCCCCCC(=O)N[C@@H](C)C(=O)N[C@@H](C)C(=O)Nc1cc(COc2cc3c(cc2OC)C(=O)N2c4ccccc4C[C@H]2C=N3)cc(COc2cc3c(cc2OC)C(=O)N2c4ccccc4C[C@H]2CN3)c1. The van der Waals surface area contributed by atoms with Crippen LogP contribution in [-0.2, 0) is 40.4 Å². The summed E-state index contributed by atoms with van der Waals surface area (Å²) in [7, 11) is 3.03. The number of benzene rings is 5. The maximum absolute atomic E-state index is 14.1. The van der Waals surface area contributed by atoms with Crippen molar-refractivity contribution >= 4 is 64.2 Å². The molecule has 0 aliphatic carbocycles. The second-order valence-corrected chi connectivity index (χ2v) is 18.4. The number of carbonyl (C=O) groups is 5. The lowest BCUT2D eigenvalue weighted by atomic mass is 10.1. The van der Waals surface area contributed by atoms with Crippen LogP contribution in [-0.4, -0.2) is 80.7 Å². The average molecular weight is 962 g/mol. The number of para-hydroxylation sites is 2. The van der Waals surface area contributed by atoms with E-state index in [0.717, 1.165) is 54.6 Å². The van der Waals surface area contributed by atoms with Gasteiger partial charge in [-0.1, -0.05) is 62.6 Å². The van der Waals surface area contributed by atoms with Crippen molar-refractivity contribution in [2.24, 2.45) is 4.99 Å². The molecule has 4 heterocycles. The first-order chi connectivity index (χ1) is 34.4. The molecule has 16 heteroatoms. The molecule has 9 rings (SSSR count). The number of hydrogen-bond acceptors (Lipinski definition) is 11. The lowest BCUT2D eigenvalue weighted by molar-refractivity contribution is -0.130. The number of ether oxygens (including phenoxy) is 4. The highest BCUT2D eigenvalue weighted by atomic mass is 16.5. The van der Waals surface area contributed by atoms with Crippen LogP contribution in [0.4, 0.5) is 28.4 Å². The summed E-state index contributed by atoms with van der Waals surface area (Å²) in [6.45, 7) is 5.81. The number of hydrogen-bond donors (Lipinski definition) is 4. The zero-order valence-corrected chi connectivity index (χ0v) is 40.6. The quantitative estimate of drug-likeness (QED) is 0.0626. The Balaban J connectivity index is 0.945. The van der Waals surface area contributed by atoms with Crippen LogP contribution < -0.4 is 50.0 Å². The molecular weight excluding hydrogens is 903 g/mol. The predicted octanol–water partition coefficient (Wildman–Crippen LogP) is 8.06. The number of anilines is 4. The number of aliphatic imine (C=N–C) groups is 1. The van der Waals surface area contributed by atoms with E-state index in [-0.39, 0.29) is 43.0 Å². The van der Waals surface area contributed by atoms with Crippen LogP contribution in [0.25, 0.3) is 0 Å². The summed E-state index contributed by atoms with van der Waals surface area (Å²) < 4.78 is 24.4. The molecule has 5 aromatic carbocycles. The molecule has 0 saturated heterocycles. The van der Waals surface area contributed by atoms with Gasteiger partial charge in [-0.2, -0.15) is 0 Å². The minimum absolute atomic E-state index is 0.00256. The van der Waals surface area contributed by atoms with Gasteiger partial charge in [0.15, 0.2) is 23.0 Å². The van der Waals surface area contributed by atoms with E-state index in [1.165, 1.54) is 14.2 Å². The zero-order valence-electron chi connectivity index (χ0n) is 40.6. The van der Waals surface area contributed by atoms with E-state index in [0.29, 0.717) is 81.7 Å². The van der Waals surface area contributed by atoms with E-state index in [4.69, 9.17) is 23.9 Å². The number of fused-ring (bicyclic) bond motifs is 8.